The summed E-state index contributed by atoms with van der Waals surface area (Å²) < 4.78 is 0. The maximum atomic E-state index is 13.0. The van der Waals surface area contributed by atoms with Crippen LogP contribution in [0.3, 0.4) is 0 Å². The number of fused-ring (bicyclic) bond motifs is 1. The number of para-hydroxylation sites is 1. The first-order valence-electron chi connectivity index (χ1n) is 7.81. The van der Waals surface area contributed by atoms with Gasteiger partial charge in [-0.05, 0) is 43.7 Å². The summed E-state index contributed by atoms with van der Waals surface area (Å²) in [5.41, 5.74) is 2.31. The van der Waals surface area contributed by atoms with Crippen molar-refractivity contribution in [3.8, 4) is 0 Å². The topological polar surface area (TPSA) is 32.3 Å². The molecule has 108 valence electrons. The summed E-state index contributed by atoms with van der Waals surface area (Å²) >= 11 is 0. The largest absolute Gasteiger partial charge is 0.385 e. The highest BCUT2D eigenvalue weighted by molar-refractivity contribution is 5.86. The quantitative estimate of drug-likeness (QED) is 0.851. The fraction of sp³-hybridized carbons (Fsp3) is 0.588. The van der Waals surface area contributed by atoms with Gasteiger partial charge in [-0.2, -0.15) is 0 Å². The minimum Gasteiger partial charge on any atom is -0.385 e. The van der Waals surface area contributed by atoms with E-state index in [1.54, 1.807) is 0 Å². The van der Waals surface area contributed by atoms with E-state index in [9.17, 15) is 4.79 Å². The van der Waals surface area contributed by atoms with E-state index in [2.05, 4.69) is 36.2 Å². The summed E-state index contributed by atoms with van der Waals surface area (Å²) in [7, 11) is 0. The zero-order valence-corrected chi connectivity index (χ0v) is 12.4. The Bertz CT molecular complexity index is 500. The second kappa shape index (κ2) is 5.47. The summed E-state index contributed by atoms with van der Waals surface area (Å²) in [5.74, 6) is 0.989. The predicted molar refractivity (Wildman–Crippen MR) is 81.9 cm³/mol. The summed E-state index contributed by atoms with van der Waals surface area (Å²) in [6.07, 6.45) is 3.30. The van der Waals surface area contributed by atoms with Crippen LogP contribution in [0.4, 0.5) is 5.69 Å². The zero-order chi connectivity index (χ0) is 14.1. The van der Waals surface area contributed by atoms with Crippen LogP contribution in [0, 0.1) is 5.92 Å². The van der Waals surface area contributed by atoms with Gasteiger partial charge in [-0.15, -0.1) is 0 Å². The highest BCUT2D eigenvalue weighted by Crippen LogP contribution is 2.34. The van der Waals surface area contributed by atoms with Crippen LogP contribution in [0.5, 0.6) is 0 Å². The lowest BCUT2D eigenvalue weighted by molar-refractivity contribution is -0.137. The zero-order valence-electron chi connectivity index (χ0n) is 12.4. The van der Waals surface area contributed by atoms with E-state index >= 15 is 0 Å². The number of rotatable bonds is 1. The van der Waals surface area contributed by atoms with Gasteiger partial charge in [0.1, 0.15) is 0 Å². The van der Waals surface area contributed by atoms with Crippen molar-refractivity contribution >= 4 is 11.6 Å². The van der Waals surface area contributed by atoms with E-state index in [1.165, 1.54) is 12.0 Å². The number of amides is 1. The molecule has 0 aliphatic carbocycles. The van der Waals surface area contributed by atoms with Crippen molar-refractivity contribution in [2.24, 2.45) is 5.92 Å². The molecule has 3 rings (SSSR count). The smallest absolute Gasteiger partial charge is 0.230 e. The maximum absolute atomic E-state index is 13.0. The molecular weight excluding hydrogens is 248 g/mol. The first-order valence-corrected chi connectivity index (χ1v) is 7.81. The van der Waals surface area contributed by atoms with Gasteiger partial charge in [0.25, 0.3) is 0 Å². The van der Waals surface area contributed by atoms with E-state index in [0.717, 1.165) is 31.6 Å². The van der Waals surface area contributed by atoms with Crippen LogP contribution in [-0.2, 0) is 4.79 Å². The molecule has 0 saturated carbocycles. The molecule has 1 N–H and O–H groups in total. The third-order valence-electron chi connectivity index (χ3n) is 5.04. The standard InChI is InChI=1S/C17H24N2O/c1-12-6-5-11-19(13(12)2)17(20)15-9-10-18-16-8-4-3-7-14(15)16/h3-4,7-8,12-13,15,18H,5-6,9-11H2,1-2H3. The lowest BCUT2D eigenvalue weighted by Gasteiger charge is -2.40. The first kappa shape index (κ1) is 13.5. The Morgan fingerprint density at radius 1 is 1.25 bits per heavy atom. The molecule has 0 spiro atoms. The number of hydrogen-bond acceptors (Lipinski definition) is 2. The van der Waals surface area contributed by atoms with Crippen LogP contribution in [0.2, 0.25) is 0 Å². The molecule has 3 atom stereocenters. The molecule has 1 amide bonds. The van der Waals surface area contributed by atoms with Crippen LogP contribution in [-0.4, -0.2) is 29.9 Å². The van der Waals surface area contributed by atoms with Crippen molar-refractivity contribution in [2.75, 3.05) is 18.4 Å². The van der Waals surface area contributed by atoms with Gasteiger partial charge in [0.05, 0.1) is 5.92 Å². The Morgan fingerprint density at radius 2 is 2.05 bits per heavy atom. The van der Waals surface area contributed by atoms with E-state index < -0.39 is 0 Å². The molecule has 3 unspecified atom stereocenters. The summed E-state index contributed by atoms with van der Waals surface area (Å²) in [4.78, 5) is 15.1. The number of likely N-dealkylation sites (tertiary alicyclic amines) is 1. The second-order valence-corrected chi connectivity index (χ2v) is 6.25. The van der Waals surface area contributed by atoms with Crippen LogP contribution >= 0.6 is 0 Å². The molecule has 0 aromatic heterocycles. The molecule has 1 fully saturated rings. The molecule has 0 radical (unpaired) electrons. The SMILES string of the molecule is CC1CCCN(C(=O)C2CCNc3ccccc32)C1C. The van der Waals surface area contributed by atoms with Gasteiger partial charge in [0.2, 0.25) is 5.91 Å². The fourth-order valence-electron chi connectivity index (χ4n) is 3.57. The van der Waals surface area contributed by atoms with Gasteiger partial charge < -0.3 is 10.2 Å². The molecule has 2 aliphatic rings. The number of anilines is 1. The molecule has 1 aromatic rings. The molecule has 1 aromatic carbocycles. The van der Waals surface area contributed by atoms with Crippen molar-refractivity contribution in [2.45, 2.75) is 45.1 Å². The molecule has 2 heterocycles. The van der Waals surface area contributed by atoms with Crippen LogP contribution in [0.1, 0.15) is 44.6 Å². The van der Waals surface area contributed by atoms with Crippen molar-refractivity contribution in [1.29, 1.82) is 0 Å². The fourth-order valence-corrected chi connectivity index (χ4v) is 3.57. The normalized spacial score (nSPS) is 29.5. The maximum Gasteiger partial charge on any atom is 0.230 e. The number of piperidine rings is 1. The van der Waals surface area contributed by atoms with Gasteiger partial charge in [-0.25, -0.2) is 0 Å². The van der Waals surface area contributed by atoms with Gasteiger partial charge >= 0.3 is 0 Å². The Kier molecular flexibility index (Phi) is 3.68. The van der Waals surface area contributed by atoms with Crippen molar-refractivity contribution in [3.05, 3.63) is 29.8 Å². The Morgan fingerprint density at radius 3 is 2.90 bits per heavy atom. The number of nitrogens with zero attached hydrogens (tertiary/aromatic N) is 1. The van der Waals surface area contributed by atoms with Crippen LogP contribution in [0.25, 0.3) is 0 Å². The number of carbonyl (C=O) groups excluding carboxylic acids is 1. The molecule has 3 heteroatoms. The molecular formula is C17H24N2O. The lowest BCUT2D eigenvalue weighted by Crippen LogP contribution is -2.48. The molecule has 3 nitrogen and oxygen atoms in total. The molecule has 1 saturated heterocycles. The van der Waals surface area contributed by atoms with E-state index in [0.29, 0.717) is 17.9 Å². The van der Waals surface area contributed by atoms with Gasteiger partial charge in [0.15, 0.2) is 0 Å². The molecule has 0 bridgehead atoms. The number of hydrogen-bond donors (Lipinski definition) is 1. The minimum atomic E-state index is 0.0419. The molecule has 2 aliphatic heterocycles. The number of carbonyl (C=O) groups is 1. The van der Waals surface area contributed by atoms with Gasteiger partial charge in [-0.3, -0.25) is 4.79 Å². The average molecular weight is 272 g/mol. The van der Waals surface area contributed by atoms with Crippen molar-refractivity contribution < 1.29 is 4.79 Å². The average Bonchev–Trinajstić information content (AvgIpc) is 2.49. The summed E-state index contributed by atoms with van der Waals surface area (Å²) in [6.45, 7) is 6.29. The van der Waals surface area contributed by atoms with E-state index in [1.807, 2.05) is 12.1 Å². The lowest BCUT2D eigenvalue weighted by atomic mass is 9.86. The third kappa shape index (κ3) is 2.30. The van der Waals surface area contributed by atoms with Crippen molar-refractivity contribution in [3.63, 3.8) is 0 Å². The Balaban J connectivity index is 1.84. The highest BCUT2D eigenvalue weighted by Gasteiger charge is 2.34. The monoisotopic (exact) mass is 272 g/mol. The summed E-state index contributed by atoms with van der Waals surface area (Å²) in [6, 6.07) is 8.62. The molecule has 20 heavy (non-hydrogen) atoms. The predicted octanol–water partition coefficient (Wildman–Crippen LogP) is 3.23. The van der Waals surface area contributed by atoms with E-state index in [-0.39, 0.29) is 5.92 Å². The van der Waals surface area contributed by atoms with E-state index in [4.69, 9.17) is 0 Å². The highest BCUT2D eigenvalue weighted by atomic mass is 16.2. The first-order chi connectivity index (χ1) is 9.68. The summed E-state index contributed by atoms with van der Waals surface area (Å²) in [5, 5.41) is 3.40. The Hall–Kier alpha value is -1.51. The third-order valence-corrected chi connectivity index (χ3v) is 5.04. The van der Waals surface area contributed by atoms with Crippen molar-refractivity contribution in [1.82, 2.24) is 4.90 Å². The van der Waals surface area contributed by atoms with Gasteiger partial charge in [-0.1, -0.05) is 25.1 Å². The number of benzene rings is 1. The van der Waals surface area contributed by atoms with Crippen LogP contribution in [0.15, 0.2) is 24.3 Å². The Labute approximate surface area is 121 Å². The second-order valence-electron chi connectivity index (χ2n) is 6.25. The van der Waals surface area contributed by atoms with Crippen LogP contribution < -0.4 is 5.32 Å². The van der Waals surface area contributed by atoms with Gasteiger partial charge in [0, 0.05) is 24.8 Å². The minimum absolute atomic E-state index is 0.0419. The number of nitrogens with one attached hydrogen (secondary N) is 1.